The molecule has 0 amide bonds. The molecule has 0 aliphatic carbocycles. The summed E-state index contributed by atoms with van der Waals surface area (Å²) >= 11 is 17.6. The maximum atomic E-state index is 9.13. The van der Waals surface area contributed by atoms with Crippen molar-refractivity contribution in [1.29, 1.82) is 0 Å². The summed E-state index contributed by atoms with van der Waals surface area (Å²) in [6.45, 7) is -0.129. The van der Waals surface area contributed by atoms with E-state index in [1.54, 1.807) is 18.2 Å². The van der Waals surface area contributed by atoms with Crippen LogP contribution in [0.1, 0.15) is 5.56 Å². The number of hydrogen-bond acceptors (Lipinski definition) is 2. The zero-order chi connectivity index (χ0) is 12.4. The second-order valence-electron chi connectivity index (χ2n) is 3.45. The minimum Gasteiger partial charge on any atom is -0.392 e. The first-order valence-corrected chi connectivity index (χ1v) is 5.96. The van der Waals surface area contributed by atoms with Crippen LogP contribution >= 0.6 is 34.8 Å². The molecule has 0 bridgehead atoms. The van der Waals surface area contributed by atoms with Crippen molar-refractivity contribution in [1.82, 2.24) is 4.98 Å². The van der Waals surface area contributed by atoms with Crippen molar-refractivity contribution >= 4 is 34.8 Å². The Morgan fingerprint density at radius 3 is 2.41 bits per heavy atom. The lowest BCUT2D eigenvalue weighted by atomic mass is 10.1. The molecule has 0 radical (unpaired) electrons. The van der Waals surface area contributed by atoms with Gasteiger partial charge < -0.3 is 5.11 Å². The van der Waals surface area contributed by atoms with E-state index in [0.29, 0.717) is 26.3 Å². The first-order valence-electron chi connectivity index (χ1n) is 4.82. The summed E-state index contributed by atoms with van der Waals surface area (Å²) in [6.07, 6.45) is 1.50. The lowest BCUT2D eigenvalue weighted by Crippen LogP contribution is -1.90. The van der Waals surface area contributed by atoms with Gasteiger partial charge in [0.2, 0.25) is 0 Å². The molecule has 1 heterocycles. The summed E-state index contributed by atoms with van der Waals surface area (Å²) in [5, 5.41) is 10.5. The highest BCUT2D eigenvalue weighted by Crippen LogP contribution is 2.29. The molecular formula is C12H8Cl3NO. The fourth-order valence-corrected chi connectivity index (χ4v) is 1.88. The summed E-state index contributed by atoms with van der Waals surface area (Å²) in [5.41, 5.74) is 2.14. The van der Waals surface area contributed by atoms with Crippen LogP contribution in [0, 0.1) is 0 Å². The number of aromatic nitrogens is 1. The number of aliphatic hydroxyl groups is 1. The average Bonchev–Trinajstić information content (AvgIpc) is 2.33. The van der Waals surface area contributed by atoms with Crippen LogP contribution in [-0.2, 0) is 6.61 Å². The van der Waals surface area contributed by atoms with Gasteiger partial charge in [-0.25, -0.2) is 0 Å². The molecule has 1 aromatic heterocycles. The van der Waals surface area contributed by atoms with Crippen LogP contribution in [0.3, 0.4) is 0 Å². The van der Waals surface area contributed by atoms with Crippen LogP contribution in [0.15, 0.2) is 30.5 Å². The van der Waals surface area contributed by atoms with Crippen molar-refractivity contribution in [3.8, 4) is 11.3 Å². The van der Waals surface area contributed by atoms with Gasteiger partial charge in [0, 0.05) is 11.8 Å². The summed E-state index contributed by atoms with van der Waals surface area (Å²) in [4.78, 5) is 4.18. The molecule has 88 valence electrons. The molecule has 0 saturated heterocycles. The predicted octanol–water partition coefficient (Wildman–Crippen LogP) is 4.20. The van der Waals surface area contributed by atoms with Crippen LogP contribution in [0.25, 0.3) is 11.3 Å². The number of nitrogens with zero attached hydrogens (tertiary/aromatic N) is 1. The van der Waals surface area contributed by atoms with E-state index in [4.69, 9.17) is 39.9 Å². The van der Waals surface area contributed by atoms with Gasteiger partial charge in [0.05, 0.1) is 27.4 Å². The van der Waals surface area contributed by atoms with Gasteiger partial charge in [0.1, 0.15) is 0 Å². The van der Waals surface area contributed by atoms with Crippen LogP contribution in [0.4, 0.5) is 0 Å². The highest BCUT2D eigenvalue weighted by Gasteiger charge is 2.06. The highest BCUT2D eigenvalue weighted by molar-refractivity contribution is 6.42. The highest BCUT2D eigenvalue weighted by atomic mass is 35.5. The molecule has 2 aromatic rings. The van der Waals surface area contributed by atoms with Crippen molar-refractivity contribution in [3.05, 3.63) is 51.1 Å². The maximum absolute atomic E-state index is 9.13. The number of aliphatic hydroxyl groups excluding tert-OH is 1. The Bertz CT molecular complexity index is 557. The van der Waals surface area contributed by atoms with Gasteiger partial charge in [-0.05, 0) is 23.8 Å². The minimum absolute atomic E-state index is 0.129. The molecule has 2 rings (SSSR count). The second kappa shape index (κ2) is 5.23. The normalized spacial score (nSPS) is 10.6. The Morgan fingerprint density at radius 1 is 1.00 bits per heavy atom. The topological polar surface area (TPSA) is 33.1 Å². The molecule has 0 spiro atoms. The lowest BCUT2D eigenvalue weighted by Gasteiger charge is -2.06. The van der Waals surface area contributed by atoms with Crippen molar-refractivity contribution < 1.29 is 5.11 Å². The van der Waals surface area contributed by atoms with Crippen molar-refractivity contribution in [2.24, 2.45) is 0 Å². The first kappa shape index (κ1) is 12.7. The van der Waals surface area contributed by atoms with Gasteiger partial charge in [-0.1, -0.05) is 40.9 Å². The number of rotatable bonds is 2. The van der Waals surface area contributed by atoms with Gasteiger partial charge in [0.15, 0.2) is 0 Å². The number of halogens is 3. The Hall–Kier alpha value is -0.800. The summed E-state index contributed by atoms with van der Waals surface area (Å²) in [6, 6.07) is 6.96. The Kier molecular flexibility index (Phi) is 3.89. The SMILES string of the molecule is OCc1cc(-c2ccc(Cl)c(Cl)c2)ncc1Cl. The molecular weight excluding hydrogens is 280 g/mol. The van der Waals surface area contributed by atoms with E-state index in [2.05, 4.69) is 4.98 Å². The van der Waals surface area contributed by atoms with E-state index in [1.165, 1.54) is 6.20 Å². The molecule has 0 unspecified atom stereocenters. The van der Waals surface area contributed by atoms with E-state index in [1.807, 2.05) is 6.07 Å². The second-order valence-corrected chi connectivity index (χ2v) is 4.67. The monoisotopic (exact) mass is 287 g/mol. The molecule has 2 nitrogen and oxygen atoms in total. The minimum atomic E-state index is -0.129. The Morgan fingerprint density at radius 2 is 1.76 bits per heavy atom. The van der Waals surface area contributed by atoms with Gasteiger partial charge >= 0.3 is 0 Å². The molecule has 0 atom stereocenters. The van der Waals surface area contributed by atoms with E-state index in [-0.39, 0.29) is 6.61 Å². The van der Waals surface area contributed by atoms with Crippen molar-refractivity contribution in [3.63, 3.8) is 0 Å². The largest absolute Gasteiger partial charge is 0.392 e. The predicted molar refractivity (Wildman–Crippen MR) is 70.6 cm³/mol. The summed E-state index contributed by atoms with van der Waals surface area (Å²) < 4.78 is 0. The Balaban J connectivity index is 2.49. The zero-order valence-electron chi connectivity index (χ0n) is 8.62. The standard InChI is InChI=1S/C12H8Cl3NO/c13-9-2-1-7(3-10(9)14)12-4-8(6-17)11(15)5-16-12/h1-5,17H,6H2. The average molecular weight is 289 g/mol. The van der Waals surface area contributed by atoms with Crippen molar-refractivity contribution in [2.45, 2.75) is 6.61 Å². The van der Waals surface area contributed by atoms with Crippen LogP contribution in [0.2, 0.25) is 15.1 Å². The fourth-order valence-electron chi connectivity index (χ4n) is 1.41. The molecule has 0 aliphatic heterocycles. The lowest BCUT2D eigenvalue weighted by molar-refractivity contribution is 0.282. The molecule has 1 N–H and O–H groups in total. The summed E-state index contributed by atoms with van der Waals surface area (Å²) in [5.74, 6) is 0. The van der Waals surface area contributed by atoms with Crippen LogP contribution in [-0.4, -0.2) is 10.1 Å². The third kappa shape index (κ3) is 2.72. The zero-order valence-corrected chi connectivity index (χ0v) is 10.9. The van der Waals surface area contributed by atoms with E-state index in [0.717, 1.165) is 5.56 Å². The van der Waals surface area contributed by atoms with Gasteiger partial charge in [-0.15, -0.1) is 0 Å². The molecule has 0 aliphatic rings. The van der Waals surface area contributed by atoms with E-state index < -0.39 is 0 Å². The van der Waals surface area contributed by atoms with Crippen molar-refractivity contribution in [2.75, 3.05) is 0 Å². The first-order chi connectivity index (χ1) is 8.11. The fraction of sp³-hybridized carbons (Fsp3) is 0.0833. The van der Waals surface area contributed by atoms with Gasteiger partial charge in [-0.3, -0.25) is 4.98 Å². The molecule has 0 fully saturated rings. The molecule has 0 saturated carbocycles. The number of benzene rings is 1. The third-order valence-electron chi connectivity index (χ3n) is 2.32. The maximum Gasteiger partial charge on any atom is 0.0707 e. The smallest absolute Gasteiger partial charge is 0.0707 e. The van der Waals surface area contributed by atoms with E-state index in [9.17, 15) is 0 Å². The van der Waals surface area contributed by atoms with Crippen LogP contribution < -0.4 is 0 Å². The number of hydrogen-bond donors (Lipinski definition) is 1. The van der Waals surface area contributed by atoms with E-state index >= 15 is 0 Å². The molecule has 17 heavy (non-hydrogen) atoms. The number of pyridine rings is 1. The third-order valence-corrected chi connectivity index (χ3v) is 3.40. The van der Waals surface area contributed by atoms with Gasteiger partial charge in [-0.2, -0.15) is 0 Å². The quantitative estimate of drug-likeness (QED) is 0.898. The van der Waals surface area contributed by atoms with Gasteiger partial charge in [0.25, 0.3) is 0 Å². The Labute approximate surface area is 114 Å². The molecule has 1 aromatic carbocycles. The summed E-state index contributed by atoms with van der Waals surface area (Å²) in [7, 11) is 0. The molecule has 5 heteroatoms. The van der Waals surface area contributed by atoms with Crippen LogP contribution in [0.5, 0.6) is 0 Å².